The average Bonchev–Trinajstić information content (AvgIpc) is 2.20. The number of anilines is 1. The van der Waals surface area contributed by atoms with E-state index in [9.17, 15) is 0 Å². The van der Waals surface area contributed by atoms with Gasteiger partial charge in [0.2, 0.25) is 0 Å². The Kier molecular flexibility index (Phi) is 2.65. The molecular formula is C13H12ClN. The van der Waals surface area contributed by atoms with Gasteiger partial charge in [0.1, 0.15) is 0 Å². The Hall–Kier alpha value is -1.47. The summed E-state index contributed by atoms with van der Waals surface area (Å²) in [6.45, 7) is 2.04. The standard InChI is InChI=1S/C13H12ClN/c1-9-5-4-8-12(15)13(9)10-6-2-3-7-11(10)14/h2-8H,15H2,1H3. The van der Waals surface area contributed by atoms with Crippen molar-refractivity contribution in [1.29, 1.82) is 0 Å². The third-order valence-corrected chi connectivity index (χ3v) is 2.78. The molecule has 15 heavy (non-hydrogen) atoms. The van der Waals surface area contributed by atoms with E-state index in [2.05, 4.69) is 0 Å². The van der Waals surface area contributed by atoms with Crippen LogP contribution in [0.2, 0.25) is 5.02 Å². The van der Waals surface area contributed by atoms with Crippen LogP contribution in [0.15, 0.2) is 42.5 Å². The van der Waals surface area contributed by atoms with Crippen molar-refractivity contribution in [2.75, 3.05) is 5.73 Å². The zero-order valence-corrected chi connectivity index (χ0v) is 9.25. The van der Waals surface area contributed by atoms with Crippen LogP contribution in [0, 0.1) is 6.92 Å². The number of benzene rings is 2. The van der Waals surface area contributed by atoms with Crippen molar-refractivity contribution in [2.24, 2.45) is 0 Å². The van der Waals surface area contributed by atoms with Crippen LogP contribution in [0.1, 0.15) is 5.56 Å². The maximum Gasteiger partial charge on any atom is 0.0485 e. The lowest BCUT2D eigenvalue weighted by atomic mass is 9.99. The van der Waals surface area contributed by atoms with Gasteiger partial charge in [-0.15, -0.1) is 0 Å². The lowest BCUT2D eigenvalue weighted by Gasteiger charge is -2.10. The molecule has 0 saturated heterocycles. The molecule has 0 radical (unpaired) electrons. The van der Waals surface area contributed by atoms with E-state index < -0.39 is 0 Å². The molecule has 2 N–H and O–H groups in total. The highest BCUT2D eigenvalue weighted by molar-refractivity contribution is 6.33. The Morgan fingerprint density at radius 3 is 2.40 bits per heavy atom. The van der Waals surface area contributed by atoms with Gasteiger partial charge in [0.25, 0.3) is 0 Å². The molecule has 0 amide bonds. The van der Waals surface area contributed by atoms with Gasteiger partial charge in [0.15, 0.2) is 0 Å². The molecule has 0 heterocycles. The van der Waals surface area contributed by atoms with E-state index in [0.717, 1.165) is 27.4 Å². The molecule has 2 aromatic carbocycles. The van der Waals surface area contributed by atoms with Gasteiger partial charge in [-0.25, -0.2) is 0 Å². The maximum absolute atomic E-state index is 6.15. The number of nitrogens with two attached hydrogens (primary N) is 1. The summed E-state index contributed by atoms with van der Waals surface area (Å²) in [6, 6.07) is 13.6. The second-order valence-electron chi connectivity index (χ2n) is 3.52. The van der Waals surface area contributed by atoms with Crippen molar-refractivity contribution in [1.82, 2.24) is 0 Å². The van der Waals surface area contributed by atoms with Crippen LogP contribution in [-0.2, 0) is 0 Å². The number of nitrogen functional groups attached to an aromatic ring is 1. The smallest absolute Gasteiger partial charge is 0.0485 e. The fraction of sp³-hybridized carbons (Fsp3) is 0.0769. The molecule has 0 unspecified atom stereocenters. The van der Waals surface area contributed by atoms with Crippen LogP contribution in [-0.4, -0.2) is 0 Å². The maximum atomic E-state index is 6.15. The minimum atomic E-state index is 0.735. The summed E-state index contributed by atoms with van der Waals surface area (Å²) >= 11 is 6.15. The quantitative estimate of drug-likeness (QED) is 0.721. The molecule has 0 saturated carbocycles. The lowest BCUT2D eigenvalue weighted by Crippen LogP contribution is -1.92. The molecular weight excluding hydrogens is 206 g/mol. The summed E-state index contributed by atoms with van der Waals surface area (Å²) in [7, 11) is 0. The Bertz CT molecular complexity index is 471. The van der Waals surface area contributed by atoms with Crippen LogP contribution >= 0.6 is 11.6 Å². The van der Waals surface area contributed by atoms with E-state index in [-0.39, 0.29) is 0 Å². The molecule has 2 rings (SSSR count). The van der Waals surface area contributed by atoms with Crippen molar-refractivity contribution in [2.45, 2.75) is 6.92 Å². The van der Waals surface area contributed by atoms with Gasteiger partial charge in [0, 0.05) is 21.8 Å². The van der Waals surface area contributed by atoms with Crippen molar-refractivity contribution in [3.05, 3.63) is 53.1 Å². The van der Waals surface area contributed by atoms with E-state index in [1.54, 1.807) is 0 Å². The molecule has 0 aliphatic heterocycles. The van der Waals surface area contributed by atoms with E-state index >= 15 is 0 Å². The predicted molar refractivity (Wildman–Crippen MR) is 66.0 cm³/mol. The molecule has 2 heteroatoms. The van der Waals surface area contributed by atoms with Gasteiger partial charge in [-0.3, -0.25) is 0 Å². The first kappa shape index (κ1) is 10.1. The highest BCUT2D eigenvalue weighted by Crippen LogP contribution is 2.34. The summed E-state index contributed by atoms with van der Waals surface area (Å²) in [6.07, 6.45) is 0. The predicted octanol–water partition coefficient (Wildman–Crippen LogP) is 3.90. The summed E-state index contributed by atoms with van der Waals surface area (Å²) in [5.74, 6) is 0. The van der Waals surface area contributed by atoms with E-state index in [1.807, 2.05) is 49.4 Å². The normalized spacial score (nSPS) is 10.3. The highest BCUT2D eigenvalue weighted by Gasteiger charge is 2.08. The Labute approximate surface area is 94.5 Å². The second-order valence-corrected chi connectivity index (χ2v) is 3.93. The lowest BCUT2D eigenvalue weighted by molar-refractivity contribution is 1.46. The Morgan fingerprint density at radius 1 is 1.00 bits per heavy atom. The van der Waals surface area contributed by atoms with E-state index in [1.165, 1.54) is 0 Å². The van der Waals surface area contributed by atoms with Crippen molar-refractivity contribution >= 4 is 17.3 Å². The van der Waals surface area contributed by atoms with E-state index in [0.29, 0.717) is 0 Å². The first-order chi connectivity index (χ1) is 7.20. The zero-order chi connectivity index (χ0) is 10.8. The van der Waals surface area contributed by atoms with Gasteiger partial charge in [-0.1, -0.05) is 41.9 Å². The summed E-state index contributed by atoms with van der Waals surface area (Å²) < 4.78 is 0. The number of halogens is 1. The SMILES string of the molecule is Cc1cccc(N)c1-c1ccccc1Cl. The number of hydrogen-bond acceptors (Lipinski definition) is 1. The Morgan fingerprint density at radius 2 is 1.73 bits per heavy atom. The molecule has 0 aliphatic rings. The summed E-state index contributed by atoms with van der Waals surface area (Å²) in [4.78, 5) is 0. The van der Waals surface area contributed by atoms with Gasteiger partial charge < -0.3 is 5.73 Å². The number of rotatable bonds is 1. The van der Waals surface area contributed by atoms with Crippen molar-refractivity contribution in [3.8, 4) is 11.1 Å². The third kappa shape index (κ3) is 1.83. The molecule has 0 aliphatic carbocycles. The topological polar surface area (TPSA) is 26.0 Å². The van der Waals surface area contributed by atoms with E-state index in [4.69, 9.17) is 17.3 Å². The minimum Gasteiger partial charge on any atom is -0.398 e. The zero-order valence-electron chi connectivity index (χ0n) is 8.50. The van der Waals surface area contributed by atoms with Crippen molar-refractivity contribution in [3.63, 3.8) is 0 Å². The fourth-order valence-corrected chi connectivity index (χ4v) is 1.95. The van der Waals surface area contributed by atoms with Crippen LogP contribution in [0.3, 0.4) is 0 Å². The third-order valence-electron chi connectivity index (χ3n) is 2.45. The monoisotopic (exact) mass is 217 g/mol. The summed E-state index contributed by atoms with van der Waals surface area (Å²) in [5, 5.41) is 0.735. The first-order valence-corrected chi connectivity index (χ1v) is 5.18. The summed E-state index contributed by atoms with van der Waals surface area (Å²) in [5.41, 5.74) is 9.90. The van der Waals surface area contributed by atoms with Gasteiger partial charge in [-0.2, -0.15) is 0 Å². The van der Waals surface area contributed by atoms with Crippen LogP contribution in [0.25, 0.3) is 11.1 Å². The molecule has 0 atom stereocenters. The van der Waals surface area contributed by atoms with Gasteiger partial charge >= 0.3 is 0 Å². The molecule has 0 fully saturated rings. The molecule has 2 aromatic rings. The molecule has 1 nitrogen and oxygen atoms in total. The van der Waals surface area contributed by atoms with Crippen LogP contribution < -0.4 is 5.73 Å². The fourth-order valence-electron chi connectivity index (χ4n) is 1.72. The largest absolute Gasteiger partial charge is 0.398 e. The van der Waals surface area contributed by atoms with Gasteiger partial charge in [0.05, 0.1) is 0 Å². The molecule has 76 valence electrons. The number of hydrogen-bond donors (Lipinski definition) is 1. The van der Waals surface area contributed by atoms with Gasteiger partial charge in [-0.05, 0) is 24.6 Å². The molecule has 0 aromatic heterocycles. The second kappa shape index (κ2) is 3.95. The van der Waals surface area contributed by atoms with Crippen LogP contribution in [0.5, 0.6) is 0 Å². The molecule has 0 spiro atoms. The highest BCUT2D eigenvalue weighted by atomic mass is 35.5. The van der Waals surface area contributed by atoms with Crippen LogP contribution in [0.4, 0.5) is 5.69 Å². The minimum absolute atomic E-state index is 0.735. The number of aryl methyl sites for hydroxylation is 1. The van der Waals surface area contributed by atoms with Crippen molar-refractivity contribution < 1.29 is 0 Å². The first-order valence-electron chi connectivity index (χ1n) is 4.80. The average molecular weight is 218 g/mol. The Balaban J connectivity index is 2.69. The molecule has 0 bridgehead atoms.